The summed E-state index contributed by atoms with van der Waals surface area (Å²) in [7, 11) is 0. The van der Waals surface area contributed by atoms with Gasteiger partial charge in [0.25, 0.3) is 0 Å². The van der Waals surface area contributed by atoms with Crippen LogP contribution in [0.1, 0.15) is 33.6 Å². The number of rotatable bonds is 1. The molecule has 0 bridgehead atoms. The lowest BCUT2D eigenvalue weighted by atomic mass is 10.1. The lowest BCUT2D eigenvalue weighted by Crippen LogP contribution is -2.53. The Balaban J connectivity index is 1.95. The molecule has 0 saturated carbocycles. The third kappa shape index (κ3) is 1.75. The largest absolute Gasteiger partial charge is 0.298 e. The first-order valence-corrected chi connectivity index (χ1v) is 5.68. The molecule has 2 fully saturated rings. The SMILES string of the molecule is CC(C)N1CCN2C(C)CC[C@H]2C1. The zero-order valence-electron chi connectivity index (χ0n) is 9.16. The van der Waals surface area contributed by atoms with Crippen LogP contribution in [0.25, 0.3) is 0 Å². The van der Waals surface area contributed by atoms with Crippen LogP contribution < -0.4 is 0 Å². The molecule has 0 amide bonds. The molecule has 2 heteroatoms. The fourth-order valence-electron chi connectivity index (χ4n) is 2.80. The molecule has 1 unspecified atom stereocenters. The van der Waals surface area contributed by atoms with Crippen LogP contribution >= 0.6 is 0 Å². The van der Waals surface area contributed by atoms with Crippen molar-refractivity contribution < 1.29 is 0 Å². The summed E-state index contributed by atoms with van der Waals surface area (Å²) < 4.78 is 0. The Labute approximate surface area is 81.9 Å². The van der Waals surface area contributed by atoms with E-state index >= 15 is 0 Å². The first kappa shape index (κ1) is 9.47. The van der Waals surface area contributed by atoms with Gasteiger partial charge in [-0.3, -0.25) is 9.80 Å². The van der Waals surface area contributed by atoms with Gasteiger partial charge < -0.3 is 0 Å². The second-order valence-corrected chi connectivity index (χ2v) is 4.91. The van der Waals surface area contributed by atoms with Gasteiger partial charge in [0.05, 0.1) is 0 Å². The molecule has 13 heavy (non-hydrogen) atoms. The molecular weight excluding hydrogens is 160 g/mol. The number of hydrogen-bond donors (Lipinski definition) is 0. The van der Waals surface area contributed by atoms with E-state index < -0.39 is 0 Å². The standard InChI is InChI=1S/C11H22N2/c1-9(2)12-6-7-13-10(3)4-5-11(13)8-12/h9-11H,4-8H2,1-3H3/t10?,11-/m0/s1. The highest BCUT2D eigenvalue weighted by Crippen LogP contribution is 2.27. The van der Waals surface area contributed by atoms with Gasteiger partial charge in [-0.15, -0.1) is 0 Å². The third-order valence-corrected chi connectivity index (χ3v) is 3.77. The van der Waals surface area contributed by atoms with E-state index in [0.717, 1.165) is 18.1 Å². The van der Waals surface area contributed by atoms with Gasteiger partial charge in [-0.2, -0.15) is 0 Å². The molecule has 2 aliphatic heterocycles. The second-order valence-electron chi connectivity index (χ2n) is 4.91. The van der Waals surface area contributed by atoms with Crippen molar-refractivity contribution in [3.8, 4) is 0 Å². The minimum absolute atomic E-state index is 0.734. The predicted octanol–water partition coefficient (Wildman–Crippen LogP) is 1.56. The van der Waals surface area contributed by atoms with Crippen LogP contribution in [-0.2, 0) is 0 Å². The summed E-state index contributed by atoms with van der Waals surface area (Å²) in [6.07, 6.45) is 2.83. The molecule has 0 radical (unpaired) electrons. The summed E-state index contributed by atoms with van der Waals surface area (Å²) in [6, 6.07) is 2.45. The van der Waals surface area contributed by atoms with Gasteiger partial charge in [0, 0.05) is 37.8 Å². The van der Waals surface area contributed by atoms with Crippen molar-refractivity contribution in [3.63, 3.8) is 0 Å². The van der Waals surface area contributed by atoms with Crippen molar-refractivity contribution in [3.05, 3.63) is 0 Å². The van der Waals surface area contributed by atoms with Crippen molar-refractivity contribution in [2.24, 2.45) is 0 Å². The van der Waals surface area contributed by atoms with Crippen molar-refractivity contribution in [2.45, 2.75) is 51.7 Å². The molecule has 2 nitrogen and oxygen atoms in total. The van der Waals surface area contributed by atoms with Crippen LogP contribution in [0.5, 0.6) is 0 Å². The average molecular weight is 182 g/mol. The van der Waals surface area contributed by atoms with E-state index in [1.54, 1.807) is 0 Å². The first-order chi connectivity index (χ1) is 6.18. The van der Waals surface area contributed by atoms with Gasteiger partial charge in [0.1, 0.15) is 0 Å². The van der Waals surface area contributed by atoms with Gasteiger partial charge in [0.2, 0.25) is 0 Å². The van der Waals surface area contributed by atoms with Gasteiger partial charge in [-0.1, -0.05) is 0 Å². The zero-order chi connectivity index (χ0) is 9.42. The maximum absolute atomic E-state index is 2.71. The zero-order valence-corrected chi connectivity index (χ0v) is 9.16. The monoisotopic (exact) mass is 182 g/mol. The highest BCUT2D eigenvalue weighted by atomic mass is 15.3. The maximum Gasteiger partial charge on any atom is 0.0227 e. The summed E-state index contributed by atoms with van der Waals surface area (Å²) in [6.45, 7) is 10.9. The topological polar surface area (TPSA) is 6.48 Å². The number of nitrogens with zero attached hydrogens (tertiary/aromatic N) is 2. The molecule has 0 aromatic heterocycles. The lowest BCUT2D eigenvalue weighted by Gasteiger charge is -2.41. The summed E-state index contributed by atoms with van der Waals surface area (Å²) >= 11 is 0. The summed E-state index contributed by atoms with van der Waals surface area (Å²) in [5.41, 5.74) is 0. The van der Waals surface area contributed by atoms with E-state index in [-0.39, 0.29) is 0 Å². The highest BCUT2D eigenvalue weighted by Gasteiger charge is 2.35. The van der Waals surface area contributed by atoms with Crippen molar-refractivity contribution >= 4 is 0 Å². The number of piperazine rings is 1. The van der Waals surface area contributed by atoms with Crippen LogP contribution in [0.4, 0.5) is 0 Å². The molecule has 0 aromatic rings. The molecule has 2 aliphatic rings. The molecule has 2 atom stereocenters. The molecule has 0 spiro atoms. The Bertz CT molecular complexity index is 179. The summed E-state index contributed by atoms with van der Waals surface area (Å²) in [5, 5.41) is 0. The van der Waals surface area contributed by atoms with Crippen LogP contribution in [0, 0.1) is 0 Å². The Morgan fingerprint density at radius 1 is 1.15 bits per heavy atom. The molecule has 2 heterocycles. The quantitative estimate of drug-likeness (QED) is 0.607. The van der Waals surface area contributed by atoms with E-state index in [0.29, 0.717) is 0 Å². The van der Waals surface area contributed by atoms with E-state index in [1.807, 2.05) is 0 Å². The Kier molecular flexibility index (Phi) is 2.61. The van der Waals surface area contributed by atoms with Gasteiger partial charge >= 0.3 is 0 Å². The van der Waals surface area contributed by atoms with Crippen LogP contribution in [0.2, 0.25) is 0 Å². The van der Waals surface area contributed by atoms with Gasteiger partial charge in [0.15, 0.2) is 0 Å². The van der Waals surface area contributed by atoms with E-state index in [4.69, 9.17) is 0 Å². The smallest absolute Gasteiger partial charge is 0.0227 e. The number of hydrogen-bond acceptors (Lipinski definition) is 2. The molecular formula is C11H22N2. The van der Waals surface area contributed by atoms with E-state index in [1.165, 1.54) is 32.5 Å². The Hall–Kier alpha value is -0.0800. The van der Waals surface area contributed by atoms with Gasteiger partial charge in [-0.05, 0) is 33.6 Å². The van der Waals surface area contributed by atoms with Gasteiger partial charge in [-0.25, -0.2) is 0 Å². The first-order valence-electron chi connectivity index (χ1n) is 5.68. The molecule has 76 valence electrons. The fraction of sp³-hybridized carbons (Fsp3) is 1.00. The molecule has 2 rings (SSSR count). The highest BCUT2D eigenvalue weighted by molar-refractivity contribution is 4.91. The maximum atomic E-state index is 2.71. The molecule has 0 aliphatic carbocycles. The van der Waals surface area contributed by atoms with Crippen LogP contribution in [0.15, 0.2) is 0 Å². The minimum atomic E-state index is 0.734. The predicted molar refractivity (Wildman–Crippen MR) is 55.9 cm³/mol. The van der Waals surface area contributed by atoms with Crippen LogP contribution in [0.3, 0.4) is 0 Å². The van der Waals surface area contributed by atoms with Crippen molar-refractivity contribution in [2.75, 3.05) is 19.6 Å². The molecule has 2 saturated heterocycles. The third-order valence-electron chi connectivity index (χ3n) is 3.77. The molecule has 0 aromatic carbocycles. The average Bonchev–Trinajstić information content (AvgIpc) is 2.47. The van der Waals surface area contributed by atoms with Crippen molar-refractivity contribution in [1.29, 1.82) is 0 Å². The van der Waals surface area contributed by atoms with Crippen LogP contribution in [-0.4, -0.2) is 47.6 Å². The molecule has 0 N–H and O–H groups in total. The summed E-state index contributed by atoms with van der Waals surface area (Å²) in [5.74, 6) is 0. The lowest BCUT2D eigenvalue weighted by molar-refractivity contribution is 0.0645. The van der Waals surface area contributed by atoms with E-state index in [2.05, 4.69) is 30.6 Å². The Morgan fingerprint density at radius 3 is 2.62 bits per heavy atom. The fourth-order valence-corrected chi connectivity index (χ4v) is 2.80. The minimum Gasteiger partial charge on any atom is -0.298 e. The second kappa shape index (κ2) is 3.58. The van der Waals surface area contributed by atoms with Crippen molar-refractivity contribution in [1.82, 2.24) is 9.80 Å². The van der Waals surface area contributed by atoms with E-state index in [9.17, 15) is 0 Å². The number of fused-ring (bicyclic) bond motifs is 1. The Morgan fingerprint density at radius 2 is 1.92 bits per heavy atom. The summed E-state index contributed by atoms with van der Waals surface area (Å²) in [4.78, 5) is 5.33. The normalized spacial score (nSPS) is 36.9.